The molecule has 0 bridgehead atoms. The molecule has 1 saturated carbocycles. The van der Waals surface area contributed by atoms with Crippen LogP contribution in [0.1, 0.15) is 29.9 Å². The Morgan fingerprint density at radius 1 is 1.46 bits per heavy atom. The normalized spacial score (nSPS) is 15.8. The summed E-state index contributed by atoms with van der Waals surface area (Å²) in [5.74, 6) is 0.842. The molecule has 0 spiro atoms. The molecular weight excluding hydrogens is 176 g/mol. The summed E-state index contributed by atoms with van der Waals surface area (Å²) in [5.41, 5.74) is 2.78. The first-order chi connectivity index (χ1) is 6.35. The van der Waals surface area contributed by atoms with Crippen molar-refractivity contribution in [2.75, 3.05) is 6.26 Å². The fraction of sp³-hybridized carbons (Fsp3) is 0.333. The highest BCUT2D eigenvalue weighted by Gasteiger charge is 2.23. The van der Waals surface area contributed by atoms with Gasteiger partial charge in [-0.2, -0.15) is 0 Å². The summed E-state index contributed by atoms with van der Waals surface area (Å²) in [6.45, 7) is 3.85. The van der Waals surface area contributed by atoms with Crippen molar-refractivity contribution in [3.8, 4) is 0 Å². The summed E-state index contributed by atoms with van der Waals surface area (Å²) in [6, 6.07) is 6.77. The molecule has 1 fully saturated rings. The third-order valence-electron chi connectivity index (χ3n) is 2.52. The van der Waals surface area contributed by atoms with Crippen molar-refractivity contribution in [3.63, 3.8) is 0 Å². The van der Waals surface area contributed by atoms with E-state index in [2.05, 4.69) is 31.0 Å². The largest absolute Gasteiger partial charge is 0.129 e. The van der Waals surface area contributed by atoms with Gasteiger partial charge in [0.05, 0.1) is 0 Å². The molecule has 1 aliphatic carbocycles. The van der Waals surface area contributed by atoms with Crippen LogP contribution in [0.15, 0.2) is 29.7 Å². The summed E-state index contributed by atoms with van der Waals surface area (Å²) in [5, 5.41) is 0. The molecule has 1 aromatic rings. The first-order valence-electron chi connectivity index (χ1n) is 4.65. The summed E-state index contributed by atoms with van der Waals surface area (Å²) >= 11 is 1.79. The molecule has 0 saturated heterocycles. The molecule has 0 radical (unpaired) electrons. The van der Waals surface area contributed by atoms with Crippen molar-refractivity contribution < 1.29 is 0 Å². The Morgan fingerprint density at radius 2 is 2.23 bits per heavy atom. The highest BCUT2D eigenvalue weighted by molar-refractivity contribution is 7.98. The van der Waals surface area contributed by atoms with E-state index in [0.717, 1.165) is 5.92 Å². The highest BCUT2D eigenvalue weighted by atomic mass is 32.2. The molecule has 2 rings (SSSR count). The minimum atomic E-state index is 0.842. The van der Waals surface area contributed by atoms with Gasteiger partial charge in [-0.3, -0.25) is 0 Å². The van der Waals surface area contributed by atoms with E-state index in [9.17, 15) is 0 Å². The van der Waals surface area contributed by atoms with Gasteiger partial charge in [0, 0.05) is 4.90 Å². The van der Waals surface area contributed by atoms with Gasteiger partial charge in [0.2, 0.25) is 0 Å². The van der Waals surface area contributed by atoms with Gasteiger partial charge in [0.1, 0.15) is 0 Å². The van der Waals surface area contributed by atoms with Crippen molar-refractivity contribution in [3.05, 3.63) is 35.9 Å². The van der Waals surface area contributed by atoms with Crippen molar-refractivity contribution in [2.24, 2.45) is 0 Å². The monoisotopic (exact) mass is 190 g/mol. The Hall–Kier alpha value is -0.690. The second-order valence-electron chi connectivity index (χ2n) is 3.48. The van der Waals surface area contributed by atoms with Crippen LogP contribution in [0.2, 0.25) is 0 Å². The van der Waals surface area contributed by atoms with Crippen molar-refractivity contribution in [1.29, 1.82) is 0 Å². The third-order valence-corrected chi connectivity index (χ3v) is 3.33. The minimum absolute atomic E-state index is 0.842. The predicted molar refractivity (Wildman–Crippen MR) is 60.3 cm³/mol. The summed E-state index contributed by atoms with van der Waals surface area (Å²) in [4.78, 5) is 1.33. The lowest BCUT2D eigenvalue weighted by molar-refractivity contribution is 1.12. The molecule has 1 heteroatoms. The van der Waals surface area contributed by atoms with Crippen molar-refractivity contribution in [1.82, 2.24) is 0 Å². The third kappa shape index (κ3) is 1.80. The van der Waals surface area contributed by atoms with E-state index >= 15 is 0 Å². The molecule has 0 N–H and O–H groups in total. The van der Waals surface area contributed by atoms with E-state index in [0.29, 0.717) is 0 Å². The van der Waals surface area contributed by atoms with Gasteiger partial charge in [-0.05, 0) is 42.2 Å². The Bertz CT molecular complexity index is 324. The summed E-state index contributed by atoms with van der Waals surface area (Å²) in [6.07, 6.45) is 6.81. The van der Waals surface area contributed by atoms with Crippen LogP contribution in [-0.2, 0) is 0 Å². The lowest BCUT2D eigenvalue weighted by atomic mass is 10.1. The van der Waals surface area contributed by atoms with Crippen LogP contribution in [0.4, 0.5) is 0 Å². The first-order valence-corrected chi connectivity index (χ1v) is 5.88. The molecule has 1 aliphatic rings. The van der Waals surface area contributed by atoms with Crippen molar-refractivity contribution >= 4 is 17.8 Å². The van der Waals surface area contributed by atoms with Crippen LogP contribution in [0, 0.1) is 0 Å². The van der Waals surface area contributed by atoms with Gasteiger partial charge in [-0.25, -0.2) is 0 Å². The van der Waals surface area contributed by atoms with Crippen LogP contribution in [0.3, 0.4) is 0 Å². The zero-order chi connectivity index (χ0) is 9.26. The van der Waals surface area contributed by atoms with E-state index in [1.165, 1.54) is 28.9 Å². The van der Waals surface area contributed by atoms with Crippen molar-refractivity contribution in [2.45, 2.75) is 23.7 Å². The molecule has 0 aliphatic heterocycles. The summed E-state index contributed by atoms with van der Waals surface area (Å²) < 4.78 is 0. The number of thioether (sulfide) groups is 1. The van der Waals surface area contributed by atoms with E-state index in [4.69, 9.17) is 0 Å². The van der Waals surface area contributed by atoms with Crippen LogP contribution in [0.25, 0.3) is 6.08 Å². The fourth-order valence-electron chi connectivity index (χ4n) is 1.58. The van der Waals surface area contributed by atoms with Crippen LogP contribution in [0.5, 0.6) is 0 Å². The van der Waals surface area contributed by atoms with Crippen LogP contribution in [-0.4, -0.2) is 6.26 Å². The maximum absolute atomic E-state index is 3.85. The molecule has 0 unspecified atom stereocenters. The zero-order valence-electron chi connectivity index (χ0n) is 7.92. The lowest BCUT2D eigenvalue weighted by Gasteiger charge is -2.05. The second kappa shape index (κ2) is 3.59. The molecule has 13 heavy (non-hydrogen) atoms. The van der Waals surface area contributed by atoms with Gasteiger partial charge in [-0.1, -0.05) is 24.8 Å². The standard InChI is InChI=1S/C12H14S/c1-3-9-8-11(10-4-5-10)6-7-12(9)13-2/h3,6-8,10H,1,4-5H2,2H3. The van der Waals surface area contributed by atoms with Gasteiger partial charge < -0.3 is 0 Å². The molecule has 0 nitrogen and oxygen atoms in total. The SMILES string of the molecule is C=Cc1cc(C2CC2)ccc1SC. The number of benzene rings is 1. The van der Waals surface area contributed by atoms with E-state index in [1.807, 2.05) is 6.08 Å². The summed E-state index contributed by atoms with van der Waals surface area (Å²) in [7, 11) is 0. The topological polar surface area (TPSA) is 0 Å². The Labute approximate surface area is 84.0 Å². The quantitative estimate of drug-likeness (QED) is 0.651. The minimum Gasteiger partial charge on any atom is -0.129 e. The smallest absolute Gasteiger partial charge is 0.0142 e. The fourth-order valence-corrected chi connectivity index (χ4v) is 2.17. The lowest BCUT2D eigenvalue weighted by Crippen LogP contribution is -1.83. The van der Waals surface area contributed by atoms with Gasteiger partial charge in [0.15, 0.2) is 0 Å². The first kappa shape index (κ1) is 8.89. The van der Waals surface area contributed by atoms with Crippen LogP contribution >= 0.6 is 11.8 Å². The van der Waals surface area contributed by atoms with Gasteiger partial charge in [0.25, 0.3) is 0 Å². The molecule has 1 aromatic carbocycles. The predicted octanol–water partition coefficient (Wildman–Crippen LogP) is 3.93. The average Bonchev–Trinajstić information content (AvgIpc) is 3.00. The zero-order valence-corrected chi connectivity index (χ0v) is 8.73. The number of hydrogen-bond donors (Lipinski definition) is 0. The van der Waals surface area contributed by atoms with Gasteiger partial charge in [-0.15, -0.1) is 11.8 Å². The molecule has 0 heterocycles. The van der Waals surface area contributed by atoms with E-state index in [-0.39, 0.29) is 0 Å². The highest BCUT2D eigenvalue weighted by Crippen LogP contribution is 2.41. The Kier molecular flexibility index (Phi) is 2.45. The average molecular weight is 190 g/mol. The number of hydrogen-bond acceptors (Lipinski definition) is 1. The molecule has 68 valence electrons. The maximum atomic E-state index is 3.85. The Balaban J connectivity index is 2.36. The molecular formula is C12H14S. The maximum Gasteiger partial charge on any atom is 0.0142 e. The van der Waals surface area contributed by atoms with E-state index in [1.54, 1.807) is 11.8 Å². The van der Waals surface area contributed by atoms with E-state index < -0.39 is 0 Å². The van der Waals surface area contributed by atoms with Crippen LogP contribution < -0.4 is 0 Å². The molecule has 0 atom stereocenters. The Morgan fingerprint density at radius 3 is 2.77 bits per heavy atom. The molecule has 0 aromatic heterocycles. The molecule has 0 amide bonds. The second-order valence-corrected chi connectivity index (χ2v) is 4.33. The number of rotatable bonds is 3. The van der Waals surface area contributed by atoms with Gasteiger partial charge >= 0.3 is 0 Å².